The summed E-state index contributed by atoms with van der Waals surface area (Å²) in [5, 5.41) is 7.06. The van der Waals surface area contributed by atoms with Gasteiger partial charge in [-0.1, -0.05) is 150 Å². The molecule has 6 aromatic rings. The Kier molecular flexibility index (Phi) is 16.1. The molecule has 7 rings (SSSR count). The van der Waals surface area contributed by atoms with Crippen molar-refractivity contribution in [2.24, 2.45) is 0 Å². The van der Waals surface area contributed by atoms with Gasteiger partial charge in [-0.25, -0.2) is 0 Å². The molecule has 50 heavy (non-hydrogen) atoms. The number of aryl methyl sites for hydroxylation is 1. The van der Waals surface area contributed by atoms with Crippen LogP contribution < -0.4 is 5.19 Å². The van der Waals surface area contributed by atoms with Crippen LogP contribution in [0.4, 0.5) is 0 Å². The molecule has 260 valence electrons. The van der Waals surface area contributed by atoms with Crippen molar-refractivity contribution in [1.29, 1.82) is 0 Å². The summed E-state index contributed by atoms with van der Waals surface area (Å²) in [6.07, 6.45) is 6.96. The van der Waals surface area contributed by atoms with Crippen LogP contribution in [0.2, 0.25) is 32.7 Å². The standard InChI is InChI=1S/C24H27.C19H21Si.C2H6Si.2ClH.Zr/c1-17(2)18-11-13-20(14-12-18)23-10-6-9-21-15-22(16-24(21)23)19-7-4-3-5-8-19;1-14-12-16-6-5-7-18(19(16)13-14)15-8-10-17(11-9-15)20(2,3)4;1-3-2;;;/h6,9-17,19H,3-5,7-8H2,1-2H3;5-13H,1-4H3;1-2H3;2*1H;/q2*-1;;;;+4/p-2. The van der Waals surface area contributed by atoms with E-state index < -0.39 is 28.9 Å². The van der Waals surface area contributed by atoms with Crippen molar-refractivity contribution in [1.82, 2.24) is 0 Å². The van der Waals surface area contributed by atoms with Crippen molar-refractivity contribution in [2.75, 3.05) is 0 Å². The van der Waals surface area contributed by atoms with E-state index in [0.717, 1.165) is 15.4 Å². The first-order valence-electron chi connectivity index (χ1n) is 18.1. The Labute approximate surface area is 325 Å². The van der Waals surface area contributed by atoms with Gasteiger partial charge in [-0.2, -0.15) is 12.1 Å². The van der Waals surface area contributed by atoms with Crippen molar-refractivity contribution in [2.45, 2.75) is 97.4 Å². The molecule has 0 unspecified atom stereocenters. The molecule has 1 aliphatic rings. The molecule has 2 radical (unpaired) electrons. The van der Waals surface area contributed by atoms with Gasteiger partial charge in [0.25, 0.3) is 0 Å². The third-order valence-corrected chi connectivity index (χ3v) is 11.8. The van der Waals surface area contributed by atoms with Crippen LogP contribution in [0.15, 0.2) is 109 Å². The van der Waals surface area contributed by atoms with Crippen molar-refractivity contribution < 1.29 is 20.8 Å². The van der Waals surface area contributed by atoms with Gasteiger partial charge in [-0.3, -0.25) is 0 Å². The SMILES string of the molecule is CC(C)c1ccc(-c2cccc3[cH-]c(C4CCCCC4)cc23)cc1.C[Si]C.Cc1cc2c(-c3ccc([Si](C)(C)C)cc3)cccc2[cH-]1.[Cl][Zr+2][Cl]. The van der Waals surface area contributed by atoms with E-state index in [1.165, 1.54) is 92.2 Å². The number of fused-ring (bicyclic) bond motifs is 2. The van der Waals surface area contributed by atoms with Gasteiger partial charge >= 0.3 is 37.9 Å². The Morgan fingerprint density at radius 1 is 0.700 bits per heavy atom. The van der Waals surface area contributed by atoms with Crippen LogP contribution in [0.5, 0.6) is 0 Å². The molecule has 1 fully saturated rings. The molecule has 0 heterocycles. The first kappa shape index (κ1) is 40.8. The van der Waals surface area contributed by atoms with Crippen LogP contribution in [-0.4, -0.2) is 17.6 Å². The monoisotopic (exact) mass is 810 g/mol. The number of hydrogen-bond acceptors (Lipinski definition) is 0. The molecule has 0 spiro atoms. The van der Waals surface area contributed by atoms with Gasteiger partial charge in [-0.15, -0.1) is 69.1 Å². The molecule has 1 saturated carbocycles. The molecule has 6 aromatic carbocycles. The van der Waals surface area contributed by atoms with Gasteiger partial charge in [0.1, 0.15) is 0 Å². The van der Waals surface area contributed by atoms with E-state index in [2.05, 4.69) is 163 Å². The van der Waals surface area contributed by atoms with E-state index in [1.54, 1.807) is 5.56 Å². The Bertz CT molecular complexity index is 1880. The van der Waals surface area contributed by atoms with Crippen LogP contribution in [-0.2, 0) is 20.8 Å². The molecule has 0 nitrogen and oxygen atoms in total. The summed E-state index contributed by atoms with van der Waals surface area (Å²) in [6, 6.07) is 41.1. The molecular formula is C45H54Cl2Si2Zr. The summed E-state index contributed by atoms with van der Waals surface area (Å²) in [5.41, 5.74) is 9.70. The molecule has 0 aromatic heterocycles. The molecule has 1 aliphatic carbocycles. The Hall–Kier alpha value is -2.00. The van der Waals surface area contributed by atoms with Crippen molar-refractivity contribution >= 4 is 61.4 Å². The number of halogens is 2. The van der Waals surface area contributed by atoms with Gasteiger partial charge < -0.3 is 0 Å². The number of rotatable bonds is 5. The van der Waals surface area contributed by atoms with Crippen LogP contribution in [0, 0.1) is 6.92 Å². The summed E-state index contributed by atoms with van der Waals surface area (Å²) in [4.78, 5) is 0. The topological polar surface area (TPSA) is 0 Å². The fourth-order valence-electron chi connectivity index (χ4n) is 7.01. The van der Waals surface area contributed by atoms with E-state index in [0.29, 0.717) is 5.92 Å². The predicted octanol–water partition coefficient (Wildman–Crippen LogP) is 14.6. The summed E-state index contributed by atoms with van der Waals surface area (Å²) >= 11 is -0.826. The maximum absolute atomic E-state index is 4.93. The predicted molar refractivity (Wildman–Crippen MR) is 227 cm³/mol. The molecule has 0 amide bonds. The normalized spacial score (nSPS) is 13.1. The zero-order valence-corrected chi connectivity index (χ0v) is 37.3. The summed E-state index contributed by atoms with van der Waals surface area (Å²) in [6.45, 7) is 18.2. The second kappa shape index (κ2) is 19.7. The quantitative estimate of drug-likeness (QED) is 0.120. The van der Waals surface area contributed by atoms with Crippen molar-refractivity contribution in [3.8, 4) is 22.3 Å². The van der Waals surface area contributed by atoms with Gasteiger partial charge in [0.2, 0.25) is 0 Å². The second-order valence-corrected chi connectivity index (χ2v) is 24.8. The first-order valence-corrected chi connectivity index (χ1v) is 29.9. The van der Waals surface area contributed by atoms with E-state index in [9.17, 15) is 0 Å². The van der Waals surface area contributed by atoms with Gasteiger partial charge in [0.05, 0.1) is 8.07 Å². The van der Waals surface area contributed by atoms with Crippen LogP contribution in [0.3, 0.4) is 0 Å². The van der Waals surface area contributed by atoms with E-state index in [-0.39, 0.29) is 0 Å². The first-order chi connectivity index (χ1) is 24.0. The van der Waals surface area contributed by atoms with Gasteiger partial charge in [-0.05, 0) is 41.4 Å². The van der Waals surface area contributed by atoms with Gasteiger partial charge in [0.15, 0.2) is 0 Å². The zero-order chi connectivity index (χ0) is 36.3. The molecule has 0 saturated heterocycles. The minimum atomic E-state index is -1.21. The van der Waals surface area contributed by atoms with Crippen molar-refractivity contribution in [3.63, 3.8) is 0 Å². The average molecular weight is 813 g/mol. The molecule has 5 heteroatoms. The Morgan fingerprint density at radius 3 is 1.68 bits per heavy atom. The third kappa shape index (κ3) is 11.0. The Morgan fingerprint density at radius 2 is 1.18 bits per heavy atom. The van der Waals surface area contributed by atoms with Crippen LogP contribution in [0.25, 0.3) is 43.8 Å². The van der Waals surface area contributed by atoms with Crippen LogP contribution >= 0.6 is 17.0 Å². The van der Waals surface area contributed by atoms with E-state index in [4.69, 9.17) is 17.0 Å². The molecule has 0 aliphatic heterocycles. The molecule has 0 atom stereocenters. The Balaban J connectivity index is 0.000000197. The van der Waals surface area contributed by atoms with E-state index in [1.807, 2.05) is 0 Å². The summed E-state index contributed by atoms with van der Waals surface area (Å²) in [5.74, 6) is 1.37. The van der Waals surface area contributed by atoms with Gasteiger partial charge in [0, 0.05) is 9.52 Å². The molecule has 0 N–H and O–H groups in total. The van der Waals surface area contributed by atoms with Crippen molar-refractivity contribution in [3.05, 3.63) is 126 Å². The molecular weight excluding hydrogens is 759 g/mol. The number of hydrogen-bond donors (Lipinski definition) is 0. The van der Waals surface area contributed by atoms with E-state index >= 15 is 0 Å². The zero-order valence-electron chi connectivity index (χ0n) is 31.3. The second-order valence-electron chi connectivity index (χ2n) is 14.9. The van der Waals surface area contributed by atoms with Crippen LogP contribution in [0.1, 0.15) is 74.5 Å². The fourth-order valence-corrected chi connectivity index (χ4v) is 8.18. The maximum atomic E-state index is 4.93. The molecule has 0 bridgehead atoms. The summed E-state index contributed by atoms with van der Waals surface area (Å²) in [7, 11) is 9.74. The number of benzene rings is 4. The average Bonchev–Trinajstić information content (AvgIpc) is 3.72. The third-order valence-electron chi connectivity index (χ3n) is 9.69. The minimum absolute atomic E-state index is 0.590. The summed E-state index contributed by atoms with van der Waals surface area (Å²) < 4.78 is 0. The fraction of sp³-hybridized carbons (Fsp3) is 0.333.